The smallest absolute Gasteiger partial charge is 0.322 e. The van der Waals surface area contributed by atoms with Crippen LogP contribution in [0.4, 0.5) is 5.82 Å². The summed E-state index contributed by atoms with van der Waals surface area (Å²) in [5, 5.41) is 0. The Bertz CT molecular complexity index is 508. The third-order valence-corrected chi connectivity index (χ3v) is 2.54. The van der Waals surface area contributed by atoms with Gasteiger partial charge in [0.25, 0.3) is 0 Å². The van der Waals surface area contributed by atoms with Crippen LogP contribution in [0.3, 0.4) is 0 Å². The molecule has 1 atom stereocenters. The van der Waals surface area contributed by atoms with Gasteiger partial charge in [0.15, 0.2) is 17.5 Å². The first-order valence-corrected chi connectivity index (χ1v) is 5.36. The van der Waals surface area contributed by atoms with Crippen molar-refractivity contribution in [2.75, 3.05) is 6.61 Å². The van der Waals surface area contributed by atoms with Crippen molar-refractivity contribution in [2.24, 2.45) is 10.9 Å². The molecule has 1 aromatic heterocycles. The second-order valence-corrected chi connectivity index (χ2v) is 3.68. The highest BCUT2D eigenvalue weighted by atomic mass is 16.5. The quantitative estimate of drug-likeness (QED) is 0.573. The zero-order valence-corrected chi connectivity index (χ0v) is 9.64. The molecule has 5 heteroatoms. The van der Waals surface area contributed by atoms with Gasteiger partial charge in [0.1, 0.15) is 0 Å². The molecule has 1 unspecified atom stereocenters. The van der Waals surface area contributed by atoms with Crippen molar-refractivity contribution in [2.45, 2.75) is 13.8 Å². The summed E-state index contributed by atoms with van der Waals surface area (Å²) in [6.45, 7) is 3.58. The topological polar surface area (TPSA) is 68.6 Å². The van der Waals surface area contributed by atoms with Crippen molar-refractivity contribution in [3.8, 4) is 0 Å². The first-order chi connectivity index (χ1) is 8.15. The van der Waals surface area contributed by atoms with E-state index < -0.39 is 11.9 Å². The third kappa shape index (κ3) is 1.95. The highest BCUT2D eigenvalue weighted by Gasteiger charge is 2.36. The summed E-state index contributed by atoms with van der Waals surface area (Å²) in [6.07, 6.45) is 1.56. The van der Waals surface area contributed by atoms with E-state index >= 15 is 0 Å². The highest BCUT2D eigenvalue weighted by molar-refractivity contribution is 6.26. The maximum atomic E-state index is 12.1. The molecule has 88 valence electrons. The molecule has 0 aliphatic carbocycles. The van der Waals surface area contributed by atoms with Crippen LogP contribution in [-0.2, 0) is 9.53 Å². The molecule has 0 radical (unpaired) electrons. The van der Waals surface area contributed by atoms with Crippen LogP contribution in [0, 0.1) is 5.92 Å². The number of carbonyl (C=O) groups is 2. The molecule has 2 heterocycles. The van der Waals surface area contributed by atoms with Crippen LogP contribution in [0.1, 0.15) is 24.2 Å². The Labute approximate surface area is 98.5 Å². The van der Waals surface area contributed by atoms with E-state index in [2.05, 4.69) is 9.98 Å². The second-order valence-electron chi connectivity index (χ2n) is 3.68. The Balaban J connectivity index is 2.42. The van der Waals surface area contributed by atoms with Gasteiger partial charge in [-0.2, -0.15) is 0 Å². The molecule has 0 saturated heterocycles. The van der Waals surface area contributed by atoms with Gasteiger partial charge in [-0.25, -0.2) is 9.98 Å². The maximum absolute atomic E-state index is 12.1. The summed E-state index contributed by atoms with van der Waals surface area (Å²) in [7, 11) is 0. The highest BCUT2D eigenvalue weighted by Crippen LogP contribution is 2.26. The molecule has 0 spiro atoms. The predicted octanol–water partition coefficient (Wildman–Crippen LogP) is 1.55. The minimum atomic E-state index is -0.924. The Kier molecular flexibility index (Phi) is 2.99. The van der Waals surface area contributed by atoms with Crippen LogP contribution in [-0.4, -0.2) is 29.1 Å². The van der Waals surface area contributed by atoms with Gasteiger partial charge in [0.2, 0.25) is 0 Å². The van der Waals surface area contributed by atoms with Crippen LogP contribution in [0.2, 0.25) is 0 Å². The number of fused-ring (bicyclic) bond motifs is 1. The Hall–Kier alpha value is -2.04. The van der Waals surface area contributed by atoms with E-state index in [-0.39, 0.29) is 12.4 Å². The number of esters is 1. The number of carbonyl (C=O) groups excluding carboxylic acids is 2. The van der Waals surface area contributed by atoms with Gasteiger partial charge >= 0.3 is 5.97 Å². The lowest BCUT2D eigenvalue weighted by atomic mass is 9.91. The number of pyridine rings is 1. The van der Waals surface area contributed by atoms with Gasteiger partial charge in [0, 0.05) is 11.9 Å². The van der Waals surface area contributed by atoms with E-state index in [0.717, 1.165) is 0 Å². The standard InChI is InChI=1S/C12H12N2O3/c1-3-17-12(16)9-7(2)14-11-8(10(9)15)5-4-6-13-11/h4-6,9H,3H2,1-2H3. The molecule has 0 saturated carbocycles. The van der Waals surface area contributed by atoms with Crippen molar-refractivity contribution in [3.05, 3.63) is 23.9 Å². The molecule has 0 amide bonds. The molecule has 17 heavy (non-hydrogen) atoms. The summed E-state index contributed by atoms with van der Waals surface area (Å²) in [4.78, 5) is 32.0. The Morgan fingerprint density at radius 2 is 2.29 bits per heavy atom. The van der Waals surface area contributed by atoms with Crippen molar-refractivity contribution < 1.29 is 14.3 Å². The zero-order valence-electron chi connectivity index (χ0n) is 9.64. The molecular formula is C12H12N2O3. The van der Waals surface area contributed by atoms with Crippen LogP contribution in [0.5, 0.6) is 0 Å². The van der Waals surface area contributed by atoms with Crippen LogP contribution >= 0.6 is 0 Å². The number of rotatable bonds is 2. The van der Waals surface area contributed by atoms with Crippen LogP contribution in [0.15, 0.2) is 23.3 Å². The lowest BCUT2D eigenvalue weighted by Crippen LogP contribution is -2.34. The third-order valence-electron chi connectivity index (χ3n) is 2.54. The number of hydrogen-bond donors (Lipinski definition) is 0. The minimum Gasteiger partial charge on any atom is -0.465 e. The summed E-state index contributed by atoms with van der Waals surface area (Å²) >= 11 is 0. The van der Waals surface area contributed by atoms with Crippen LogP contribution < -0.4 is 0 Å². The normalized spacial score (nSPS) is 18.4. The monoisotopic (exact) mass is 232 g/mol. The van der Waals surface area contributed by atoms with E-state index in [1.54, 1.807) is 32.2 Å². The van der Waals surface area contributed by atoms with E-state index in [9.17, 15) is 9.59 Å². The fourth-order valence-corrected chi connectivity index (χ4v) is 1.76. The van der Waals surface area contributed by atoms with E-state index in [1.807, 2.05) is 0 Å². The van der Waals surface area contributed by atoms with Gasteiger partial charge in [-0.3, -0.25) is 9.59 Å². The summed E-state index contributed by atoms with van der Waals surface area (Å²) in [5.41, 5.74) is 0.802. The molecule has 0 N–H and O–H groups in total. The van der Waals surface area contributed by atoms with Gasteiger partial charge in [-0.1, -0.05) is 0 Å². The molecular weight excluding hydrogens is 220 g/mol. The largest absolute Gasteiger partial charge is 0.465 e. The van der Waals surface area contributed by atoms with Crippen molar-refractivity contribution in [1.82, 2.24) is 4.98 Å². The molecule has 0 fully saturated rings. The van der Waals surface area contributed by atoms with Gasteiger partial charge in [0.05, 0.1) is 12.2 Å². The average molecular weight is 232 g/mol. The van der Waals surface area contributed by atoms with Gasteiger partial charge in [-0.15, -0.1) is 0 Å². The molecule has 1 aromatic rings. The average Bonchev–Trinajstić information content (AvgIpc) is 2.29. The fourth-order valence-electron chi connectivity index (χ4n) is 1.76. The van der Waals surface area contributed by atoms with Crippen molar-refractivity contribution >= 4 is 23.3 Å². The van der Waals surface area contributed by atoms with E-state index in [4.69, 9.17) is 4.74 Å². The second kappa shape index (κ2) is 4.45. The van der Waals surface area contributed by atoms with Gasteiger partial charge < -0.3 is 4.74 Å². The number of ether oxygens (including phenoxy) is 1. The number of aliphatic imine (C=N–C) groups is 1. The fraction of sp³-hybridized carbons (Fsp3) is 0.333. The van der Waals surface area contributed by atoms with Crippen LogP contribution in [0.25, 0.3) is 0 Å². The number of ketones is 1. The number of aromatic nitrogens is 1. The number of Topliss-reactive ketones (excluding diaryl/α,β-unsaturated/α-hetero) is 1. The van der Waals surface area contributed by atoms with E-state index in [1.165, 1.54) is 0 Å². The number of hydrogen-bond acceptors (Lipinski definition) is 5. The summed E-state index contributed by atoms with van der Waals surface area (Å²) in [5.74, 6) is -1.39. The Morgan fingerprint density at radius 1 is 1.53 bits per heavy atom. The lowest BCUT2D eigenvalue weighted by Gasteiger charge is -2.19. The first-order valence-electron chi connectivity index (χ1n) is 5.36. The predicted molar refractivity (Wildman–Crippen MR) is 61.5 cm³/mol. The molecule has 2 rings (SSSR count). The van der Waals surface area contributed by atoms with Crippen molar-refractivity contribution in [3.63, 3.8) is 0 Å². The zero-order chi connectivity index (χ0) is 12.4. The van der Waals surface area contributed by atoms with E-state index in [0.29, 0.717) is 17.1 Å². The molecule has 1 aliphatic heterocycles. The molecule has 0 aromatic carbocycles. The van der Waals surface area contributed by atoms with Gasteiger partial charge in [-0.05, 0) is 26.0 Å². The lowest BCUT2D eigenvalue weighted by molar-refractivity contribution is -0.144. The summed E-state index contributed by atoms with van der Waals surface area (Å²) < 4.78 is 4.88. The molecule has 1 aliphatic rings. The molecule has 0 bridgehead atoms. The summed E-state index contributed by atoms with van der Waals surface area (Å²) in [6, 6.07) is 3.27. The minimum absolute atomic E-state index is 0.246. The first kappa shape index (κ1) is 11.4. The molecule has 5 nitrogen and oxygen atoms in total. The number of nitrogens with zero attached hydrogens (tertiary/aromatic N) is 2. The van der Waals surface area contributed by atoms with Crippen molar-refractivity contribution in [1.29, 1.82) is 0 Å². The Morgan fingerprint density at radius 3 is 3.00 bits per heavy atom. The maximum Gasteiger partial charge on any atom is 0.322 e. The SMILES string of the molecule is CCOC(=O)C1C(=O)c2cccnc2N=C1C.